The Balaban J connectivity index is 2.53. The van der Waals surface area contributed by atoms with Gasteiger partial charge < -0.3 is 15.5 Å². The minimum absolute atomic E-state index is 0.0514. The second kappa shape index (κ2) is 9.55. The van der Waals surface area contributed by atoms with Gasteiger partial charge in [0, 0.05) is 11.8 Å². The van der Waals surface area contributed by atoms with Gasteiger partial charge in [-0.05, 0) is 35.9 Å². The summed E-state index contributed by atoms with van der Waals surface area (Å²) >= 11 is 5.67. The standard InChI is InChI=1S/C18H13ClF8N2O3/c19-9-1-2-11(28-6-9)12(29-15(32)13(30)14(31)18(25,26)27)7-3-8(5-10(20)4-7)17(23,24)16(21)22/h1-6,12-14,16,30-31H,(H,29,32)/t12-,13?,14?/m0/s1. The molecule has 2 rings (SSSR count). The van der Waals surface area contributed by atoms with E-state index in [4.69, 9.17) is 16.7 Å². The normalized spacial score (nSPS) is 15.4. The van der Waals surface area contributed by atoms with Crippen LogP contribution in [-0.4, -0.2) is 45.9 Å². The van der Waals surface area contributed by atoms with Crippen LogP contribution in [-0.2, 0) is 10.7 Å². The van der Waals surface area contributed by atoms with Crippen molar-refractivity contribution in [3.8, 4) is 0 Å². The van der Waals surface area contributed by atoms with Crippen molar-refractivity contribution in [1.82, 2.24) is 10.3 Å². The molecule has 3 N–H and O–H groups in total. The molecular formula is C18H13ClF8N2O3. The molecule has 2 aromatic rings. The molecule has 176 valence electrons. The van der Waals surface area contributed by atoms with Gasteiger partial charge in [0.15, 0.2) is 12.2 Å². The summed E-state index contributed by atoms with van der Waals surface area (Å²) in [5.41, 5.74) is -2.38. The van der Waals surface area contributed by atoms with E-state index in [-0.39, 0.29) is 16.8 Å². The number of halogens is 9. The average molecular weight is 493 g/mol. The first-order valence-corrected chi connectivity index (χ1v) is 8.84. The van der Waals surface area contributed by atoms with Crippen molar-refractivity contribution in [1.29, 1.82) is 0 Å². The monoisotopic (exact) mass is 492 g/mol. The molecule has 0 aliphatic rings. The van der Waals surface area contributed by atoms with Crippen LogP contribution in [0.2, 0.25) is 5.02 Å². The Bertz CT molecular complexity index is 956. The summed E-state index contributed by atoms with van der Waals surface area (Å²) in [6.07, 6.45) is -15.2. The van der Waals surface area contributed by atoms with Crippen LogP contribution in [0.4, 0.5) is 35.1 Å². The van der Waals surface area contributed by atoms with Gasteiger partial charge in [0.2, 0.25) is 0 Å². The number of aliphatic hydroxyl groups is 2. The molecule has 0 spiro atoms. The fourth-order valence-electron chi connectivity index (χ4n) is 2.53. The molecular weight excluding hydrogens is 480 g/mol. The first-order chi connectivity index (χ1) is 14.6. The summed E-state index contributed by atoms with van der Waals surface area (Å²) < 4.78 is 105. The quantitative estimate of drug-likeness (QED) is 0.515. The van der Waals surface area contributed by atoms with E-state index in [2.05, 4.69) is 4.98 Å². The third-order valence-electron chi connectivity index (χ3n) is 4.15. The molecule has 5 nitrogen and oxygen atoms in total. The number of benzene rings is 1. The van der Waals surface area contributed by atoms with Crippen molar-refractivity contribution < 1.29 is 50.1 Å². The number of hydrogen-bond donors (Lipinski definition) is 3. The molecule has 0 aliphatic carbocycles. The van der Waals surface area contributed by atoms with Crippen LogP contribution in [0.25, 0.3) is 0 Å². The van der Waals surface area contributed by atoms with Crippen LogP contribution in [0, 0.1) is 5.82 Å². The number of rotatable bonds is 7. The molecule has 0 bridgehead atoms. The first kappa shape index (κ1) is 25.7. The van der Waals surface area contributed by atoms with Crippen LogP contribution >= 0.6 is 11.6 Å². The number of nitrogens with zero attached hydrogens (tertiary/aromatic N) is 1. The molecule has 2 unspecified atom stereocenters. The van der Waals surface area contributed by atoms with Crippen molar-refractivity contribution in [2.45, 2.75) is 36.8 Å². The number of aliphatic hydroxyl groups excluding tert-OH is 2. The molecule has 0 saturated heterocycles. The number of nitrogens with one attached hydrogen (secondary N) is 1. The van der Waals surface area contributed by atoms with Gasteiger partial charge in [0.25, 0.3) is 5.91 Å². The van der Waals surface area contributed by atoms with Crippen LogP contribution in [0.1, 0.15) is 22.9 Å². The van der Waals surface area contributed by atoms with Gasteiger partial charge in [-0.15, -0.1) is 0 Å². The molecule has 32 heavy (non-hydrogen) atoms. The molecule has 1 aromatic heterocycles. The summed E-state index contributed by atoms with van der Waals surface area (Å²) in [7, 11) is 0. The van der Waals surface area contributed by atoms with Gasteiger partial charge in [0.1, 0.15) is 5.82 Å². The third-order valence-corrected chi connectivity index (χ3v) is 4.37. The summed E-state index contributed by atoms with van der Waals surface area (Å²) in [6, 6.07) is 1.51. The lowest BCUT2D eigenvalue weighted by molar-refractivity contribution is -0.229. The molecule has 1 heterocycles. The lowest BCUT2D eigenvalue weighted by atomic mass is 9.97. The van der Waals surface area contributed by atoms with E-state index >= 15 is 0 Å². The van der Waals surface area contributed by atoms with Crippen LogP contribution < -0.4 is 5.32 Å². The summed E-state index contributed by atoms with van der Waals surface area (Å²) in [4.78, 5) is 15.8. The number of hydrogen-bond acceptors (Lipinski definition) is 4. The molecule has 1 aromatic carbocycles. The predicted molar refractivity (Wildman–Crippen MR) is 93.6 cm³/mol. The zero-order valence-corrected chi connectivity index (χ0v) is 16.2. The highest BCUT2D eigenvalue weighted by atomic mass is 35.5. The maximum Gasteiger partial charge on any atom is 0.417 e. The van der Waals surface area contributed by atoms with Gasteiger partial charge in [-0.25, -0.2) is 13.2 Å². The number of aromatic nitrogens is 1. The Kier molecular flexibility index (Phi) is 7.68. The number of carbonyl (C=O) groups is 1. The highest BCUT2D eigenvalue weighted by molar-refractivity contribution is 6.30. The zero-order chi connectivity index (χ0) is 24.4. The Morgan fingerprint density at radius 1 is 1.06 bits per heavy atom. The van der Waals surface area contributed by atoms with Gasteiger partial charge >= 0.3 is 18.5 Å². The largest absolute Gasteiger partial charge is 0.417 e. The maximum atomic E-state index is 14.0. The van der Waals surface area contributed by atoms with E-state index in [9.17, 15) is 45.0 Å². The predicted octanol–water partition coefficient (Wildman–Crippen LogP) is 3.72. The highest BCUT2D eigenvalue weighted by Crippen LogP contribution is 2.37. The van der Waals surface area contributed by atoms with Crippen molar-refractivity contribution in [3.05, 3.63) is 64.2 Å². The Morgan fingerprint density at radius 2 is 1.69 bits per heavy atom. The first-order valence-electron chi connectivity index (χ1n) is 8.46. The fourth-order valence-corrected chi connectivity index (χ4v) is 2.65. The number of amides is 1. The molecule has 1 amide bonds. The van der Waals surface area contributed by atoms with Gasteiger partial charge in [-0.1, -0.05) is 11.6 Å². The van der Waals surface area contributed by atoms with E-state index in [0.29, 0.717) is 12.1 Å². The number of alkyl halides is 7. The topological polar surface area (TPSA) is 82.5 Å². The zero-order valence-electron chi connectivity index (χ0n) is 15.4. The van der Waals surface area contributed by atoms with Crippen molar-refractivity contribution in [2.24, 2.45) is 0 Å². The summed E-state index contributed by atoms with van der Waals surface area (Å²) in [5, 5.41) is 20.4. The minimum atomic E-state index is -5.39. The van der Waals surface area contributed by atoms with Crippen molar-refractivity contribution >= 4 is 17.5 Å². The molecule has 14 heteroatoms. The summed E-state index contributed by atoms with van der Waals surface area (Å²) in [6.45, 7) is 0. The minimum Gasteiger partial charge on any atom is -0.381 e. The van der Waals surface area contributed by atoms with Crippen molar-refractivity contribution in [3.63, 3.8) is 0 Å². The maximum absolute atomic E-state index is 14.0. The van der Waals surface area contributed by atoms with E-state index in [1.54, 1.807) is 5.32 Å². The SMILES string of the molecule is O=C(N[C@@H](c1cc(F)cc(C(F)(F)C(F)F)c1)c1ccc(Cl)cn1)C(O)C(O)C(F)(F)F. The van der Waals surface area contributed by atoms with Gasteiger partial charge in [-0.2, -0.15) is 22.0 Å². The van der Waals surface area contributed by atoms with E-state index in [1.165, 1.54) is 6.07 Å². The third kappa shape index (κ3) is 5.84. The van der Waals surface area contributed by atoms with Crippen LogP contribution in [0.15, 0.2) is 36.5 Å². The number of pyridine rings is 1. The Hall–Kier alpha value is -2.51. The van der Waals surface area contributed by atoms with Crippen molar-refractivity contribution in [2.75, 3.05) is 0 Å². The van der Waals surface area contributed by atoms with E-state index < -0.39 is 59.6 Å². The molecule has 3 atom stereocenters. The van der Waals surface area contributed by atoms with Crippen LogP contribution in [0.3, 0.4) is 0 Å². The lowest BCUT2D eigenvalue weighted by Gasteiger charge is -2.25. The van der Waals surface area contributed by atoms with E-state index in [0.717, 1.165) is 12.3 Å². The molecule has 0 radical (unpaired) electrons. The summed E-state index contributed by atoms with van der Waals surface area (Å²) in [5.74, 6) is -8.06. The average Bonchev–Trinajstić information content (AvgIpc) is 2.70. The van der Waals surface area contributed by atoms with Crippen LogP contribution in [0.5, 0.6) is 0 Å². The van der Waals surface area contributed by atoms with Gasteiger partial charge in [-0.3, -0.25) is 9.78 Å². The number of carbonyl (C=O) groups excluding carboxylic acids is 1. The highest BCUT2D eigenvalue weighted by Gasteiger charge is 2.47. The molecule has 0 saturated carbocycles. The Labute approximate surface area is 179 Å². The molecule has 0 aliphatic heterocycles. The fraction of sp³-hybridized carbons (Fsp3) is 0.333. The second-order valence-electron chi connectivity index (χ2n) is 6.47. The van der Waals surface area contributed by atoms with Gasteiger partial charge in [0.05, 0.1) is 16.8 Å². The smallest absolute Gasteiger partial charge is 0.381 e. The molecule has 0 fully saturated rings. The van der Waals surface area contributed by atoms with E-state index in [1.807, 2.05) is 0 Å². The second-order valence-corrected chi connectivity index (χ2v) is 6.91. The Morgan fingerprint density at radius 3 is 2.19 bits per heavy atom. The lowest BCUT2D eigenvalue weighted by Crippen LogP contribution is -2.49.